The molecule has 1 amide bonds. The first-order valence-corrected chi connectivity index (χ1v) is 12.4. The quantitative estimate of drug-likeness (QED) is 0.797. The zero-order valence-corrected chi connectivity index (χ0v) is 18.3. The Balaban J connectivity index is 1.41. The van der Waals surface area contributed by atoms with Crippen molar-refractivity contribution in [1.82, 2.24) is 14.5 Å². The molecule has 2 heterocycles. The number of carbonyl (C=O) groups is 1. The van der Waals surface area contributed by atoms with Crippen molar-refractivity contribution >= 4 is 15.9 Å². The van der Waals surface area contributed by atoms with Gasteiger partial charge in [0.15, 0.2) is 0 Å². The molecule has 0 bridgehead atoms. The van der Waals surface area contributed by atoms with E-state index in [1.165, 1.54) is 18.9 Å². The Morgan fingerprint density at radius 1 is 1.03 bits per heavy atom. The zero-order chi connectivity index (χ0) is 20.6. The minimum atomic E-state index is -3.58. The lowest BCUT2D eigenvalue weighted by Gasteiger charge is -2.34. The molecule has 1 aromatic rings. The van der Waals surface area contributed by atoms with Gasteiger partial charge < -0.3 is 10.2 Å². The summed E-state index contributed by atoms with van der Waals surface area (Å²) in [5.41, 5.74) is 0.425. The number of hydrogen-bond donors (Lipinski definition) is 1. The Labute approximate surface area is 174 Å². The molecule has 2 saturated heterocycles. The molecule has 6 nitrogen and oxygen atoms in total. The highest BCUT2D eigenvalue weighted by molar-refractivity contribution is 7.89. The Bertz CT molecular complexity index is 835. The number of sulfonamides is 1. The van der Waals surface area contributed by atoms with Crippen LogP contribution in [0.15, 0.2) is 29.2 Å². The summed E-state index contributed by atoms with van der Waals surface area (Å²) in [6.07, 6.45) is 5.60. The van der Waals surface area contributed by atoms with Crippen molar-refractivity contribution < 1.29 is 13.2 Å². The Morgan fingerprint density at radius 3 is 2.31 bits per heavy atom. The molecule has 1 N–H and O–H groups in total. The number of nitrogens with one attached hydrogen (secondary N) is 1. The number of benzene rings is 1. The number of carbonyl (C=O) groups excluding carboxylic acids is 1. The van der Waals surface area contributed by atoms with Crippen molar-refractivity contribution in [1.29, 1.82) is 0 Å². The molecule has 160 valence electrons. The number of likely N-dealkylation sites (tertiary alicyclic amines) is 1. The first-order chi connectivity index (χ1) is 13.8. The summed E-state index contributed by atoms with van der Waals surface area (Å²) in [5, 5.41) is 3.11. The van der Waals surface area contributed by atoms with Gasteiger partial charge in [0.1, 0.15) is 0 Å². The van der Waals surface area contributed by atoms with Crippen LogP contribution in [0.2, 0.25) is 0 Å². The van der Waals surface area contributed by atoms with Crippen molar-refractivity contribution in [2.24, 2.45) is 11.8 Å². The average Bonchev–Trinajstić information content (AvgIpc) is 3.53. The van der Waals surface area contributed by atoms with E-state index in [4.69, 9.17) is 0 Å². The molecule has 0 aromatic heterocycles. The number of hydrogen-bond acceptors (Lipinski definition) is 4. The second-order valence-electron chi connectivity index (χ2n) is 9.31. The zero-order valence-electron chi connectivity index (χ0n) is 17.5. The first-order valence-electron chi connectivity index (χ1n) is 11.0. The van der Waals surface area contributed by atoms with Gasteiger partial charge in [-0.05, 0) is 62.1 Å². The van der Waals surface area contributed by atoms with E-state index in [0.29, 0.717) is 30.5 Å². The van der Waals surface area contributed by atoms with Crippen LogP contribution in [0.25, 0.3) is 0 Å². The second kappa shape index (κ2) is 8.36. The fourth-order valence-electron chi connectivity index (χ4n) is 4.87. The predicted octanol–water partition coefficient (Wildman–Crippen LogP) is 2.71. The smallest absolute Gasteiger partial charge is 0.251 e. The minimum absolute atomic E-state index is 0.168. The van der Waals surface area contributed by atoms with Crippen LogP contribution in [0.4, 0.5) is 0 Å². The van der Waals surface area contributed by atoms with Crippen LogP contribution in [0, 0.1) is 11.8 Å². The molecule has 0 radical (unpaired) electrons. The molecule has 4 rings (SSSR count). The molecular weight excluding hydrogens is 386 g/mol. The Hall–Kier alpha value is -1.44. The van der Waals surface area contributed by atoms with Gasteiger partial charge in [0.05, 0.1) is 4.90 Å². The molecule has 2 atom stereocenters. The summed E-state index contributed by atoms with van der Waals surface area (Å²) in [6, 6.07) is 7.46. The highest BCUT2D eigenvalue weighted by Crippen LogP contribution is 2.30. The van der Waals surface area contributed by atoms with Crippen LogP contribution >= 0.6 is 0 Å². The Morgan fingerprint density at radius 2 is 1.69 bits per heavy atom. The van der Waals surface area contributed by atoms with Crippen LogP contribution in [-0.4, -0.2) is 61.8 Å². The summed E-state index contributed by atoms with van der Waals surface area (Å²) in [4.78, 5) is 15.5. The van der Waals surface area contributed by atoms with E-state index >= 15 is 0 Å². The molecule has 1 aliphatic carbocycles. The van der Waals surface area contributed by atoms with Crippen molar-refractivity contribution in [3.05, 3.63) is 29.8 Å². The predicted molar refractivity (Wildman–Crippen MR) is 113 cm³/mol. The maximum Gasteiger partial charge on any atom is 0.251 e. The monoisotopic (exact) mass is 419 g/mol. The van der Waals surface area contributed by atoms with Gasteiger partial charge >= 0.3 is 0 Å². The lowest BCUT2D eigenvalue weighted by atomic mass is 9.94. The summed E-state index contributed by atoms with van der Waals surface area (Å²) in [5.74, 6) is 0.523. The third-order valence-corrected chi connectivity index (χ3v) is 8.33. The molecule has 0 spiro atoms. The topological polar surface area (TPSA) is 69.7 Å². The molecule has 2 aliphatic heterocycles. The van der Waals surface area contributed by atoms with Gasteiger partial charge in [0.25, 0.3) is 5.91 Å². The normalized spacial score (nSPS) is 27.7. The third kappa shape index (κ3) is 4.84. The number of nitrogens with zero attached hydrogens (tertiary/aromatic N) is 2. The highest BCUT2D eigenvalue weighted by atomic mass is 32.2. The van der Waals surface area contributed by atoms with Crippen LogP contribution < -0.4 is 5.32 Å². The average molecular weight is 420 g/mol. The second-order valence-corrected chi connectivity index (χ2v) is 11.2. The van der Waals surface area contributed by atoms with Gasteiger partial charge in [0.2, 0.25) is 10.0 Å². The number of rotatable bonds is 5. The van der Waals surface area contributed by atoms with Crippen molar-refractivity contribution in [2.45, 2.75) is 62.9 Å². The molecule has 3 fully saturated rings. The van der Waals surface area contributed by atoms with Crippen molar-refractivity contribution in [2.75, 3.05) is 26.2 Å². The van der Waals surface area contributed by atoms with Gasteiger partial charge in [-0.1, -0.05) is 19.9 Å². The lowest BCUT2D eigenvalue weighted by Crippen LogP contribution is -2.45. The Kier molecular flexibility index (Phi) is 6.00. The summed E-state index contributed by atoms with van der Waals surface area (Å²) in [6.45, 7) is 7.35. The van der Waals surface area contributed by atoms with Crippen LogP contribution in [0.5, 0.6) is 0 Å². The van der Waals surface area contributed by atoms with Crippen LogP contribution in [0.3, 0.4) is 0 Å². The maximum atomic E-state index is 13.1. The van der Waals surface area contributed by atoms with Gasteiger partial charge in [0, 0.05) is 43.8 Å². The molecule has 29 heavy (non-hydrogen) atoms. The number of amides is 1. The fourth-order valence-corrected chi connectivity index (χ4v) is 6.59. The van der Waals surface area contributed by atoms with E-state index in [1.807, 2.05) is 0 Å². The van der Waals surface area contributed by atoms with E-state index in [0.717, 1.165) is 38.4 Å². The van der Waals surface area contributed by atoms with Gasteiger partial charge in [-0.2, -0.15) is 4.31 Å². The lowest BCUT2D eigenvalue weighted by molar-refractivity contribution is 0.0909. The van der Waals surface area contributed by atoms with E-state index in [1.54, 1.807) is 22.5 Å². The van der Waals surface area contributed by atoms with Crippen LogP contribution in [0.1, 0.15) is 56.3 Å². The molecule has 2 unspecified atom stereocenters. The van der Waals surface area contributed by atoms with E-state index < -0.39 is 10.0 Å². The SMILES string of the molecule is CC1CC(C)CN(S(=O)(=O)c2cccc(C(=O)NC3CCN(C4CC4)CC3)c2)C1. The van der Waals surface area contributed by atoms with Crippen molar-refractivity contribution in [3.63, 3.8) is 0 Å². The van der Waals surface area contributed by atoms with E-state index in [-0.39, 0.29) is 16.8 Å². The van der Waals surface area contributed by atoms with Gasteiger partial charge in [-0.15, -0.1) is 0 Å². The summed E-state index contributed by atoms with van der Waals surface area (Å²) < 4.78 is 27.9. The van der Waals surface area contributed by atoms with Gasteiger partial charge in [-0.3, -0.25) is 4.79 Å². The molecule has 3 aliphatic rings. The third-order valence-electron chi connectivity index (χ3n) is 6.50. The first kappa shape index (κ1) is 20.8. The van der Waals surface area contributed by atoms with E-state index in [2.05, 4.69) is 24.1 Å². The largest absolute Gasteiger partial charge is 0.349 e. The van der Waals surface area contributed by atoms with Gasteiger partial charge in [-0.25, -0.2) is 8.42 Å². The van der Waals surface area contributed by atoms with Crippen LogP contribution in [-0.2, 0) is 10.0 Å². The van der Waals surface area contributed by atoms with E-state index in [9.17, 15) is 13.2 Å². The molecule has 7 heteroatoms. The number of piperidine rings is 2. The fraction of sp³-hybridized carbons (Fsp3) is 0.682. The maximum absolute atomic E-state index is 13.1. The summed E-state index contributed by atoms with van der Waals surface area (Å²) in [7, 11) is -3.58. The molecule has 1 aromatic carbocycles. The summed E-state index contributed by atoms with van der Waals surface area (Å²) >= 11 is 0. The van der Waals surface area contributed by atoms with Crippen molar-refractivity contribution in [3.8, 4) is 0 Å². The molecule has 1 saturated carbocycles. The standard InChI is InChI=1S/C22H33N3O3S/c1-16-12-17(2)15-25(14-16)29(27,28)21-5-3-4-18(13-21)22(26)23-19-8-10-24(11-9-19)20-6-7-20/h3-5,13,16-17,19-20H,6-12,14-15H2,1-2H3,(H,23,26). The minimum Gasteiger partial charge on any atom is -0.349 e. The highest BCUT2D eigenvalue weighted by Gasteiger charge is 2.33. The molecular formula is C22H33N3O3S.